The van der Waals surface area contributed by atoms with Crippen LogP contribution < -0.4 is 5.32 Å². The van der Waals surface area contributed by atoms with Gasteiger partial charge in [-0.1, -0.05) is 13.8 Å². The fourth-order valence-corrected chi connectivity index (χ4v) is 2.12. The van der Waals surface area contributed by atoms with Gasteiger partial charge < -0.3 is 5.32 Å². The summed E-state index contributed by atoms with van der Waals surface area (Å²) >= 11 is 3.30. The highest BCUT2D eigenvalue weighted by atomic mass is 79.9. The van der Waals surface area contributed by atoms with Crippen LogP contribution in [-0.2, 0) is 7.05 Å². The van der Waals surface area contributed by atoms with E-state index in [1.165, 1.54) is 6.20 Å². The summed E-state index contributed by atoms with van der Waals surface area (Å²) in [6, 6.07) is 1.73. The molecule has 19 heavy (non-hydrogen) atoms. The van der Waals surface area contributed by atoms with E-state index in [-0.39, 0.29) is 11.8 Å². The minimum atomic E-state index is -0.191. The fraction of sp³-hybridized carbons (Fsp3) is 0.308. The third-order valence-corrected chi connectivity index (χ3v) is 3.05. The molecule has 2 aromatic rings. The van der Waals surface area contributed by atoms with Crippen molar-refractivity contribution < 1.29 is 4.79 Å². The van der Waals surface area contributed by atoms with Crippen LogP contribution in [0.15, 0.2) is 29.1 Å². The number of hydrogen-bond donors (Lipinski definition) is 1. The summed E-state index contributed by atoms with van der Waals surface area (Å²) in [5, 5.41) is 7.22. The summed E-state index contributed by atoms with van der Waals surface area (Å²) in [6.07, 6.45) is 4.98. The van der Waals surface area contributed by atoms with E-state index in [1.807, 2.05) is 20.9 Å². The van der Waals surface area contributed by atoms with E-state index < -0.39 is 0 Å². The lowest BCUT2D eigenvalue weighted by Crippen LogP contribution is -2.13. The first-order valence-corrected chi connectivity index (χ1v) is 6.72. The van der Waals surface area contributed by atoms with Crippen LogP contribution in [0, 0.1) is 0 Å². The summed E-state index contributed by atoms with van der Waals surface area (Å²) in [4.78, 5) is 16.1. The van der Waals surface area contributed by atoms with Gasteiger partial charge in [0.1, 0.15) is 0 Å². The Morgan fingerprint density at radius 3 is 2.79 bits per heavy atom. The molecule has 0 bridgehead atoms. The Bertz CT molecular complexity index is 606. The second-order valence-electron chi connectivity index (χ2n) is 4.60. The number of aryl methyl sites for hydroxylation is 1. The van der Waals surface area contributed by atoms with Gasteiger partial charge in [0, 0.05) is 30.1 Å². The third kappa shape index (κ3) is 3.20. The zero-order chi connectivity index (χ0) is 14.0. The Hall–Kier alpha value is -1.69. The SMILES string of the molecule is CC(C)c1nn(C)cc1NC(=O)c1cncc(Br)c1. The van der Waals surface area contributed by atoms with Crippen LogP contribution in [0.5, 0.6) is 0 Å². The van der Waals surface area contributed by atoms with Crippen molar-refractivity contribution in [3.63, 3.8) is 0 Å². The van der Waals surface area contributed by atoms with Gasteiger partial charge >= 0.3 is 0 Å². The van der Waals surface area contributed by atoms with Crippen molar-refractivity contribution in [2.75, 3.05) is 5.32 Å². The molecule has 0 aliphatic carbocycles. The average Bonchev–Trinajstić information content (AvgIpc) is 2.70. The van der Waals surface area contributed by atoms with Gasteiger partial charge in [0.15, 0.2) is 0 Å². The number of hydrogen-bond acceptors (Lipinski definition) is 3. The van der Waals surface area contributed by atoms with Crippen molar-refractivity contribution >= 4 is 27.5 Å². The first kappa shape index (κ1) is 13.7. The molecule has 2 rings (SSSR count). The molecule has 0 fully saturated rings. The van der Waals surface area contributed by atoms with Gasteiger partial charge in [-0.15, -0.1) is 0 Å². The van der Waals surface area contributed by atoms with Crippen LogP contribution in [0.4, 0.5) is 5.69 Å². The molecule has 0 radical (unpaired) electrons. The highest BCUT2D eigenvalue weighted by molar-refractivity contribution is 9.10. The molecule has 100 valence electrons. The Balaban J connectivity index is 2.24. The van der Waals surface area contributed by atoms with E-state index in [0.29, 0.717) is 5.56 Å². The lowest BCUT2D eigenvalue weighted by molar-refractivity contribution is 0.102. The third-order valence-electron chi connectivity index (χ3n) is 2.62. The molecule has 5 nitrogen and oxygen atoms in total. The molecule has 0 saturated carbocycles. The van der Waals surface area contributed by atoms with Crippen LogP contribution in [0.2, 0.25) is 0 Å². The molecule has 0 aliphatic heterocycles. The monoisotopic (exact) mass is 322 g/mol. The standard InChI is InChI=1S/C13H15BrN4O/c1-8(2)12-11(7-18(3)17-12)16-13(19)9-4-10(14)6-15-5-9/h4-8H,1-3H3,(H,16,19). The number of nitrogens with one attached hydrogen (secondary N) is 1. The molecule has 0 unspecified atom stereocenters. The summed E-state index contributed by atoms with van der Waals surface area (Å²) in [5.41, 5.74) is 2.12. The summed E-state index contributed by atoms with van der Waals surface area (Å²) in [7, 11) is 1.84. The number of nitrogens with zero attached hydrogens (tertiary/aromatic N) is 3. The Morgan fingerprint density at radius 1 is 1.42 bits per heavy atom. The van der Waals surface area contributed by atoms with Crippen LogP contribution in [0.25, 0.3) is 0 Å². The Kier molecular flexibility index (Phi) is 3.99. The number of anilines is 1. The number of aromatic nitrogens is 3. The highest BCUT2D eigenvalue weighted by Crippen LogP contribution is 2.22. The predicted octanol–water partition coefficient (Wildman–Crippen LogP) is 2.95. The quantitative estimate of drug-likeness (QED) is 0.945. The fourth-order valence-electron chi connectivity index (χ4n) is 1.76. The lowest BCUT2D eigenvalue weighted by atomic mass is 10.1. The topological polar surface area (TPSA) is 59.8 Å². The minimum Gasteiger partial charge on any atom is -0.319 e. The maximum Gasteiger partial charge on any atom is 0.257 e. The van der Waals surface area contributed by atoms with Gasteiger partial charge in [-0.3, -0.25) is 14.5 Å². The van der Waals surface area contributed by atoms with Crippen molar-refractivity contribution in [3.8, 4) is 0 Å². The summed E-state index contributed by atoms with van der Waals surface area (Å²) < 4.78 is 2.47. The molecule has 1 N–H and O–H groups in total. The maximum atomic E-state index is 12.1. The molecule has 0 aromatic carbocycles. The van der Waals surface area contributed by atoms with E-state index >= 15 is 0 Å². The minimum absolute atomic E-state index is 0.191. The smallest absolute Gasteiger partial charge is 0.257 e. The van der Waals surface area contributed by atoms with Crippen LogP contribution in [0.3, 0.4) is 0 Å². The van der Waals surface area contributed by atoms with Gasteiger partial charge in [-0.2, -0.15) is 5.10 Å². The molecular formula is C13H15BrN4O. The second-order valence-corrected chi connectivity index (χ2v) is 5.52. The van der Waals surface area contributed by atoms with E-state index in [2.05, 4.69) is 31.3 Å². The van der Waals surface area contributed by atoms with Crippen LogP contribution in [0.1, 0.15) is 35.8 Å². The predicted molar refractivity (Wildman–Crippen MR) is 77.2 cm³/mol. The largest absolute Gasteiger partial charge is 0.319 e. The van der Waals surface area contributed by atoms with Gasteiger partial charge in [0.05, 0.1) is 16.9 Å². The van der Waals surface area contributed by atoms with Gasteiger partial charge in [0.25, 0.3) is 5.91 Å². The first-order chi connectivity index (χ1) is 8.97. The first-order valence-electron chi connectivity index (χ1n) is 5.93. The number of halogens is 1. The lowest BCUT2D eigenvalue weighted by Gasteiger charge is -2.07. The Morgan fingerprint density at radius 2 is 2.16 bits per heavy atom. The van der Waals surface area contributed by atoms with E-state index in [9.17, 15) is 4.79 Å². The molecule has 0 atom stereocenters. The highest BCUT2D eigenvalue weighted by Gasteiger charge is 2.15. The molecule has 0 saturated heterocycles. The maximum absolute atomic E-state index is 12.1. The molecular weight excluding hydrogens is 308 g/mol. The molecule has 1 amide bonds. The Labute approximate surface area is 120 Å². The van der Waals surface area contributed by atoms with Gasteiger partial charge in [-0.05, 0) is 27.9 Å². The van der Waals surface area contributed by atoms with E-state index in [0.717, 1.165) is 15.9 Å². The number of pyridine rings is 1. The van der Waals surface area contributed by atoms with Crippen molar-refractivity contribution in [1.82, 2.24) is 14.8 Å². The van der Waals surface area contributed by atoms with Crippen LogP contribution >= 0.6 is 15.9 Å². The normalized spacial score (nSPS) is 10.8. The zero-order valence-corrected chi connectivity index (χ0v) is 12.6. The summed E-state index contributed by atoms with van der Waals surface area (Å²) in [6.45, 7) is 4.08. The number of rotatable bonds is 3. The number of carbonyl (C=O) groups is 1. The number of carbonyl (C=O) groups excluding carboxylic acids is 1. The molecule has 0 aliphatic rings. The van der Waals surface area contributed by atoms with Crippen LogP contribution in [-0.4, -0.2) is 20.7 Å². The second kappa shape index (κ2) is 5.52. The number of amides is 1. The molecule has 2 aromatic heterocycles. The van der Waals surface area contributed by atoms with Gasteiger partial charge in [0.2, 0.25) is 0 Å². The summed E-state index contributed by atoms with van der Waals surface area (Å²) in [5.74, 6) is 0.0563. The van der Waals surface area contributed by atoms with E-state index in [1.54, 1.807) is 23.1 Å². The van der Waals surface area contributed by atoms with Crippen molar-refractivity contribution in [2.24, 2.45) is 7.05 Å². The van der Waals surface area contributed by atoms with Crippen molar-refractivity contribution in [3.05, 3.63) is 40.4 Å². The van der Waals surface area contributed by atoms with Crippen molar-refractivity contribution in [2.45, 2.75) is 19.8 Å². The zero-order valence-electron chi connectivity index (χ0n) is 11.0. The van der Waals surface area contributed by atoms with Gasteiger partial charge in [-0.25, -0.2) is 0 Å². The molecule has 2 heterocycles. The average molecular weight is 323 g/mol. The molecule has 0 spiro atoms. The van der Waals surface area contributed by atoms with Crippen molar-refractivity contribution in [1.29, 1.82) is 0 Å². The van der Waals surface area contributed by atoms with E-state index in [4.69, 9.17) is 0 Å². The molecule has 6 heteroatoms.